The Labute approximate surface area is 129 Å². The molecule has 0 radical (unpaired) electrons. The van der Waals surface area contributed by atoms with E-state index in [1.165, 1.54) is 12.8 Å². The molecule has 0 saturated carbocycles. The molecule has 0 spiro atoms. The van der Waals surface area contributed by atoms with Crippen molar-refractivity contribution in [3.05, 3.63) is 28.2 Å². The summed E-state index contributed by atoms with van der Waals surface area (Å²) in [7, 11) is 1.63. The molecule has 2 rings (SSSR count). The molecule has 20 heavy (non-hydrogen) atoms. The first-order valence-electron chi connectivity index (χ1n) is 7.25. The zero-order valence-electron chi connectivity index (χ0n) is 12.2. The maximum atomic E-state index is 14.8. The van der Waals surface area contributed by atoms with Crippen LogP contribution in [0.5, 0.6) is 5.75 Å². The molecule has 1 aliphatic rings. The molecule has 4 heteroatoms. The standard InChI is InChI=1S/C16H23BrFNO/c1-16(18,11-13-5-3-4-8-19-13)10-12-6-7-15(20-2)14(17)9-12/h6-7,9,13,19H,3-5,8,10-11H2,1-2H3. The number of hydrogen-bond donors (Lipinski definition) is 1. The third kappa shape index (κ3) is 4.45. The Morgan fingerprint density at radius 3 is 2.85 bits per heavy atom. The first kappa shape index (κ1) is 15.8. The van der Waals surface area contributed by atoms with Crippen LogP contribution in [-0.2, 0) is 6.42 Å². The fraction of sp³-hybridized carbons (Fsp3) is 0.625. The molecule has 0 aromatic heterocycles. The monoisotopic (exact) mass is 343 g/mol. The van der Waals surface area contributed by atoms with Crippen molar-refractivity contribution in [2.45, 2.75) is 50.7 Å². The van der Waals surface area contributed by atoms with Gasteiger partial charge < -0.3 is 10.1 Å². The smallest absolute Gasteiger partial charge is 0.133 e. The Balaban J connectivity index is 1.97. The van der Waals surface area contributed by atoms with Gasteiger partial charge in [-0.15, -0.1) is 0 Å². The average Bonchev–Trinajstić information content (AvgIpc) is 2.39. The maximum Gasteiger partial charge on any atom is 0.133 e. The van der Waals surface area contributed by atoms with Crippen molar-refractivity contribution in [1.82, 2.24) is 5.32 Å². The Bertz CT molecular complexity index is 444. The van der Waals surface area contributed by atoms with Gasteiger partial charge in [-0.1, -0.05) is 12.5 Å². The summed E-state index contributed by atoms with van der Waals surface area (Å²) in [5.74, 6) is 0.781. The molecule has 2 unspecified atom stereocenters. The predicted molar refractivity (Wildman–Crippen MR) is 84.2 cm³/mol. The number of nitrogens with one attached hydrogen (secondary N) is 1. The van der Waals surface area contributed by atoms with Crippen molar-refractivity contribution in [2.24, 2.45) is 0 Å². The molecule has 0 amide bonds. The van der Waals surface area contributed by atoms with Crippen LogP contribution in [0, 0.1) is 0 Å². The molecular weight excluding hydrogens is 321 g/mol. The van der Waals surface area contributed by atoms with Crippen molar-refractivity contribution in [1.29, 1.82) is 0 Å². The second-order valence-corrected chi connectivity index (χ2v) is 6.76. The molecule has 1 fully saturated rings. The third-order valence-corrected chi connectivity index (χ3v) is 4.49. The van der Waals surface area contributed by atoms with Gasteiger partial charge in [0.15, 0.2) is 0 Å². The highest BCUT2D eigenvalue weighted by Gasteiger charge is 2.29. The van der Waals surface area contributed by atoms with Gasteiger partial charge >= 0.3 is 0 Å². The molecule has 0 aliphatic carbocycles. The molecule has 1 N–H and O–H groups in total. The van der Waals surface area contributed by atoms with Gasteiger partial charge in [-0.05, 0) is 66.4 Å². The van der Waals surface area contributed by atoms with Crippen LogP contribution in [0.15, 0.2) is 22.7 Å². The van der Waals surface area contributed by atoms with E-state index in [0.29, 0.717) is 18.9 Å². The number of rotatable bonds is 5. The Morgan fingerprint density at radius 1 is 1.45 bits per heavy atom. The lowest BCUT2D eigenvalue weighted by Crippen LogP contribution is -2.40. The van der Waals surface area contributed by atoms with Gasteiger partial charge in [0.2, 0.25) is 0 Å². The molecule has 1 aromatic rings. The summed E-state index contributed by atoms with van der Waals surface area (Å²) < 4.78 is 20.9. The van der Waals surface area contributed by atoms with Crippen LogP contribution in [-0.4, -0.2) is 25.4 Å². The summed E-state index contributed by atoms with van der Waals surface area (Å²) in [5.41, 5.74) is -0.179. The Morgan fingerprint density at radius 2 is 2.25 bits per heavy atom. The van der Waals surface area contributed by atoms with Crippen LogP contribution in [0.3, 0.4) is 0 Å². The van der Waals surface area contributed by atoms with Crippen molar-refractivity contribution in [3.8, 4) is 5.75 Å². The normalized spacial score (nSPS) is 22.3. The summed E-state index contributed by atoms with van der Waals surface area (Å²) in [6, 6.07) is 6.09. The van der Waals surface area contributed by atoms with Gasteiger partial charge in [0.05, 0.1) is 11.6 Å². The number of benzene rings is 1. The topological polar surface area (TPSA) is 21.3 Å². The van der Waals surface area contributed by atoms with Gasteiger partial charge in [0.25, 0.3) is 0 Å². The van der Waals surface area contributed by atoms with Gasteiger partial charge in [-0.2, -0.15) is 0 Å². The zero-order chi connectivity index (χ0) is 14.6. The summed E-state index contributed by atoms with van der Waals surface area (Å²) in [5, 5.41) is 3.42. The highest BCUT2D eigenvalue weighted by molar-refractivity contribution is 9.10. The van der Waals surface area contributed by atoms with E-state index in [4.69, 9.17) is 4.74 Å². The lowest BCUT2D eigenvalue weighted by Gasteiger charge is -2.30. The van der Waals surface area contributed by atoms with E-state index in [2.05, 4.69) is 21.2 Å². The zero-order valence-corrected chi connectivity index (χ0v) is 13.8. The third-order valence-electron chi connectivity index (χ3n) is 3.87. The van der Waals surface area contributed by atoms with Gasteiger partial charge in [0.1, 0.15) is 11.4 Å². The number of halogens is 2. The highest BCUT2D eigenvalue weighted by Crippen LogP contribution is 2.30. The van der Waals surface area contributed by atoms with Gasteiger partial charge in [-0.25, -0.2) is 4.39 Å². The van der Waals surface area contributed by atoms with Crippen LogP contribution < -0.4 is 10.1 Å². The summed E-state index contributed by atoms with van der Waals surface area (Å²) in [6.45, 7) is 2.73. The predicted octanol–water partition coefficient (Wildman–Crippen LogP) is 4.26. The second kappa shape index (κ2) is 6.90. The van der Waals surface area contributed by atoms with E-state index in [1.807, 2.05) is 18.2 Å². The van der Waals surface area contributed by atoms with Gasteiger partial charge in [0, 0.05) is 12.5 Å². The number of piperidine rings is 1. The molecule has 1 heterocycles. The van der Waals surface area contributed by atoms with Crippen LogP contribution in [0.2, 0.25) is 0 Å². The summed E-state index contributed by atoms with van der Waals surface area (Å²) >= 11 is 3.45. The maximum absolute atomic E-state index is 14.8. The quantitative estimate of drug-likeness (QED) is 0.862. The summed E-state index contributed by atoms with van der Waals surface area (Å²) in [4.78, 5) is 0. The van der Waals surface area contributed by atoms with E-state index < -0.39 is 5.67 Å². The Hall–Kier alpha value is -0.610. The van der Waals surface area contributed by atoms with Crippen LogP contribution >= 0.6 is 15.9 Å². The fourth-order valence-electron chi connectivity index (χ4n) is 2.93. The molecular formula is C16H23BrFNO. The Kier molecular flexibility index (Phi) is 5.44. The van der Waals surface area contributed by atoms with Crippen LogP contribution in [0.4, 0.5) is 4.39 Å². The minimum Gasteiger partial charge on any atom is -0.496 e. The number of ether oxygens (including phenoxy) is 1. The van der Waals surface area contributed by atoms with E-state index in [9.17, 15) is 4.39 Å². The molecule has 1 aliphatic heterocycles. The van der Waals surface area contributed by atoms with Crippen LogP contribution in [0.25, 0.3) is 0 Å². The first-order valence-corrected chi connectivity index (χ1v) is 8.04. The van der Waals surface area contributed by atoms with Crippen molar-refractivity contribution in [2.75, 3.05) is 13.7 Å². The van der Waals surface area contributed by atoms with Crippen molar-refractivity contribution >= 4 is 15.9 Å². The molecule has 0 bridgehead atoms. The minimum absolute atomic E-state index is 0.320. The van der Waals surface area contributed by atoms with E-state index in [-0.39, 0.29) is 0 Å². The van der Waals surface area contributed by atoms with E-state index >= 15 is 0 Å². The summed E-state index contributed by atoms with van der Waals surface area (Å²) in [6.07, 6.45) is 4.53. The lowest BCUT2D eigenvalue weighted by molar-refractivity contribution is 0.146. The SMILES string of the molecule is COc1ccc(CC(C)(F)CC2CCCCN2)cc1Br. The van der Waals surface area contributed by atoms with E-state index in [0.717, 1.165) is 28.8 Å². The molecule has 112 valence electrons. The van der Waals surface area contributed by atoms with Crippen molar-refractivity contribution < 1.29 is 9.13 Å². The number of methoxy groups -OCH3 is 1. The number of hydrogen-bond acceptors (Lipinski definition) is 2. The second-order valence-electron chi connectivity index (χ2n) is 5.91. The lowest BCUT2D eigenvalue weighted by atomic mass is 9.88. The largest absolute Gasteiger partial charge is 0.496 e. The van der Waals surface area contributed by atoms with Crippen molar-refractivity contribution in [3.63, 3.8) is 0 Å². The molecule has 2 nitrogen and oxygen atoms in total. The molecule has 2 atom stereocenters. The van der Waals surface area contributed by atoms with E-state index in [1.54, 1.807) is 14.0 Å². The fourth-order valence-corrected chi connectivity index (χ4v) is 3.52. The minimum atomic E-state index is -1.18. The molecule has 1 aromatic carbocycles. The first-order chi connectivity index (χ1) is 9.50. The molecule has 1 saturated heterocycles. The highest BCUT2D eigenvalue weighted by atomic mass is 79.9. The number of alkyl halides is 1. The van der Waals surface area contributed by atoms with Crippen LogP contribution in [0.1, 0.15) is 38.2 Å². The van der Waals surface area contributed by atoms with Gasteiger partial charge in [-0.3, -0.25) is 0 Å². The average molecular weight is 344 g/mol.